The minimum atomic E-state index is -0.262. The van der Waals surface area contributed by atoms with E-state index in [1.54, 1.807) is 18.0 Å². The van der Waals surface area contributed by atoms with Gasteiger partial charge in [0.1, 0.15) is 6.29 Å². The zero-order valence-corrected chi connectivity index (χ0v) is 18.8. The van der Waals surface area contributed by atoms with Crippen LogP contribution in [-0.4, -0.2) is 44.0 Å². The number of unbranched alkanes of at least 4 members (excludes halogenated alkanes) is 2. The maximum absolute atomic E-state index is 14.3. The van der Waals surface area contributed by atoms with Gasteiger partial charge in [-0.1, -0.05) is 31.7 Å². The van der Waals surface area contributed by atoms with Gasteiger partial charge in [0.2, 0.25) is 0 Å². The molecule has 2 amide bonds. The number of nitrogens with zero attached hydrogens (tertiary/aromatic N) is 1. The quantitative estimate of drug-likeness (QED) is 0.344. The number of halogens is 1. The van der Waals surface area contributed by atoms with Crippen LogP contribution in [-0.2, 0) is 10.2 Å². The van der Waals surface area contributed by atoms with E-state index in [1.807, 2.05) is 12.1 Å². The maximum Gasteiger partial charge on any atom is 0.317 e. The fraction of sp³-hybridized carbons (Fsp3) is 0.680. The molecule has 0 bridgehead atoms. The van der Waals surface area contributed by atoms with Crippen LogP contribution in [0.2, 0.25) is 0 Å². The van der Waals surface area contributed by atoms with Crippen LogP contribution in [0.15, 0.2) is 18.2 Å². The van der Waals surface area contributed by atoms with Gasteiger partial charge in [0, 0.05) is 26.6 Å². The van der Waals surface area contributed by atoms with Gasteiger partial charge >= 0.3 is 6.03 Å². The van der Waals surface area contributed by atoms with Crippen LogP contribution in [0.1, 0.15) is 76.2 Å². The summed E-state index contributed by atoms with van der Waals surface area (Å²) in [7, 11) is 1.61. The molecule has 2 saturated carbocycles. The van der Waals surface area contributed by atoms with Crippen LogP contribution >= 0.6 is 0 Å². The van der Waals surface area contributed by atoms with Crippen molar-refractivity contribution in [2.75, 3.05) is 26.7 Å². The van der Waals surface area contributed by atoms with Crippen molar-refractivity contribution in [1.82, 2.24) is 10.2 Å². The molecule has 0 aliphatic heterocycles. The van der Waals surface area contributed by atoms with Crippen molar-refractivity contribution >= 4 is 12.3 Å². The normalized spacial score (nSPS) is 17.4. The van der Waals surface area contributed by atoms with Gasteiger partial charge in [-0.3, -0.25) is 0 Å². The van der Waals surface area contributed by atoms with E-state index in [0.717, 1.165) is 44.8 Å². The van der Waals surface area contributed by atoms with Gasteiger partial charge in [0.25, 0.3) is 0 Å². The fourth-order valence-electron chi connectivity index (χ4n) is 4.79. The van der Waals surface area contributed by atoms with Gasteiger partial charge in [-0.25, -0.2) is 9.18 Å². The second kappa shape index (κ2) is 11.5. The zero-order chi connectivity index (χ0) is 22.1. The second-order valence-corrected chi connectivity index (χ2v) is 9.20. The van der Waals surface area contributed by atoms with Crippen LogP contribution in [0, 0.1) is 11.7 Å². The topological polar surface area (TPSA) is 58.6 Å². The van der Waals surface area contributed by atoms with E-state index in [1.165, 1.54) is 31.2 Å². The number of rotatable bonds is 13. The Morgan fingerprint density at radius 1 is 1.23 bits per heavy atom. The first-order chi connectivity index (χ1) is 15.1. The number of nitrogens with one attached hydrogen (secondary N) is 1. The standard InChI is InChI=1S/C25H37FN2O3/c1-27-24(30)28(16-7-17-29)15-6-2-5-12-25(13-14-25)21-10-11-22(26)23(18-21)31-19-20-8-3-4-9-20/h10-11,17-18,20H,2-9,12-16,19H2,1H3,(H,27,30). The molecule has 3 rings (SSSR count). The molecule has 1 aromatic carbocycles. The molecular weight excluding hydrogens is 395 g/mol. The Balaban J connectivity index is 1.45. The maximum atomic E-state index is 14.3. The van der Waals surface area contributed by atoms with E-state index < -0.39 is 0 Å². The Bertz CT molecular complexity index is 729. The van der Waals surface area contributed by atoms with Gasteiger partial charge in [-0.2, -0.15) is 0 Å². The van der Waals surface area contributed by atoms with Crippen molar-refractivity contribution in [3.05, 3.63) is 29.6 Å². The molecule has 0 spiro atoms. The molecule has 0 saturated heterocycles. The molecule has 0 aromatic heterocycles. The lowest BCUT2D eigenvalue weighted by atomic mass is 9.90. The molecule has 1 N–H and O–H groups in total. The summed E-state index contributed by atoms with van der Waals surface area (Å²) in [6.45, 7) is 1.75. The summed E-state index contributed by atoms with van der Waals surface area (Å²) in [4.78, 5) is 24.2. The molecule has 172 valence electrons. The van der Waals surface area contributed by atoms with Crippen molar-refractivity contribution in [1.29, 1.82) is 0 Å². The SMILES string of the molecule is CNC(=O)N(CCC=O)CCCCCC1(c2ccc(F)c(OCC3CCCC3)c2)CC1. The summed E-state index contributed by atoms with van der Waals surface area (Å²) in [5.74, 6) is 0.716. The number of hydrogen-bond donors (Lipinski definition) is 1. The molecule has 2 fully saturated rings. The number of urea groups is 1. The Hall–Kier alpha value is -2.11. The first-order valence-corrected chi connectivity index (χ1v) is 11.9. The molecule has 0 unspecified atom stereocenters. The predicted molar refractivity (Wildman–Crippen MR) is 120 cm³/mol. The van der Waals surface area contributed by atoms with E-state index in [2.05, 4.69) is 5.32 Å². The van der Waals surface area contributed by atoms with Crippen LogP contribution in [0.4, 0.5) is 9.18 Å². The Morgan fingerprint density at radius 2 is 2.00 bits per heavy atom. The van der Waals surface area contributed by atoms with Crippen LogP contribution in [0.5, 0.6) is 5.75 Å². The van der Waals surface area contributed by atoms with Crippen molar-refractivity contribution in [3.8, 4) is 5.75 Å². The highest BCUT2D eigenvalue weighted by molar-refractivity contribution is 5.74. The van der Waals surface area contributed by atoms with Gasteiger partial charge in [0.15, 0.2) is 11.6 Å². The van der Waals surface area contributed by atoms with E-state index >= 15 is 0 Å². The zero-order valence-electron chi connectivity index (χ0n) is 18.8. The summed E-state index contributed by atoms with van der Waals surface area (Å²) in [6, 6.07) is 5.30. The fourth-order valence-corrected chi connectivity index (χ4v) is 4.79. The summed E-state index contributed by atoms with van der Waals surface area (Å²) in [5, 5.41) is 2.64. The second-order valence-electron chi connectivity index (χ2n) is 9.20. The monoisotopic (exact) mass is 432 g/mol. The van der Waals surface area contributed by atoms with Gasteiger partial charge in [-0.05, 0) is 67.6 Å². The third-order valence-corrected chi connectivity index (χ3v) is 6.95. The molecule has 2 aliphatic carbocycles. The van der Waals surface area contributed by atoms with E-state index in [-0.39, 0.29) is 17.3 Å². The number of benzene rings is 1. The van der Waals surface area contributed by atoms with Crippen molar-refractivity contribution in [2.24, 2.45) is 5.92 Å². The molecule has 31 heavy (non-hydrogen) atoms. The highest BCUT2D eigenvalue weighted by Gasteiger charge is 2.43. The molecule has 6 heteroatoms. The molecule has 2 aliphatic rings. The first kappa shape index (κ1) is 23.6. The Kier molecular flexibility index (Phi) is 8.73. The van der Waals surface area contributed by atoms with Crippen LogP contribution in [0.3, 0.4) is 0 Å². The highest BCUT2D eigenvalue weighted by atomic mass is 19.1. The lowest BCUT2D eigenvalue weighted by Gasteiger charge is -2.21. The molecule has 0 heterocycles. The molecule has 1 aromatic rings. The summed E-state index contributed by atoms with van der Waals surface area (Å²) in [6.07, 6.45) is 12.5. The Morgan fingerprint density at radius 3 is 2.68 bits per heavy atom. The summed E-state index contributed by atoms with van der Waals surface area (Å²) in [5.41, 5.74) is 1.37. The first-order valence-electron chi connectivity index (χ1n) is 11.9. The van der Waals surface area contributed by atoms with Gasteiger partial charge in [-0.15, -0.1) is 0 Å². The minimum Gasteiger partial charge on any atom is -0.490 e. The molecular formula is C25H37FN2O3. The number of carbonyl (C=O) groups is 2. The van der Waals surface area contributed by atoms with Crippen LogP contribution < -0.4 is 10.1 Å². The highest BCUT2D eigenvalue weighted by Crippen LogP contribution is 2.52. The lowest BCUT2D eigenvalue weighted by molar-refractivity contribution is -0.108. The van der Waals surface area contributed by atoms with E-state index in [9.17, 15) is 14.0 Å². The van der Waals surface area contributed by atoms with E-state index in [4.69, 9.17) is 4.74 Å². The average molecular weight is 433 g/mol. The smallest absolute Gasteiger partial charge is 0.317 e. The average Bonchev–Trinajstić information content (AvgIpc) is 3.38. The number of hydrogen-bond acceptors (Lipinski definition) is 3. The van der Waals surface area contributed by atoms with Crippen molar-refractivity contribution < 1.29 is 18.7 Å². The summed E-state index contributed by atoms with van der Waals surface area (Å²) >= 11 is 0. The van der Waals surface area contributed by atoms with Crippen LogP contribution in [0.25, 0.3) is 0 Å². The lowest BCUT2D eigenvalue weighted by Crippen LogP contribution is -2.39. The third kappa shape index (κ3) is 6.68. The Labute approximate surface area is 185 Å². The number of amides is 2. The van der Waals surface area contributed by atoms with Gasteiger partial charge in [0.05, 0.1) is 6.61 Å². The van der Waals surface area contributed by atoms with Crippen molar-refractivity contribution in [3.63, 3.8) is 0 Å². The largest absolute Gasteiger partial charge is 0.490 e. The number of carbonyl (C=O) groups excluding carboxylic acids is 2. The number of ether oxygens (including phenoxy) is 1. The molecule has 0 radical (unpaired) electrons. The summed E-state index contributed by atoms with van der Waals surface area (Å²) < 4.78 is 20.2. The number of aldehydes is 1. The minimum absolute atomic E-state index is 0.128. The molecule has 0 atom stereocenters. The predicted octanol–water partition coefficient (Wildman–Crippen LogP) is 5.22. The third-order valence-electron chi connectivity index (χ3n) is 6.95. The van der Waals surface area contributed by atoms with Crippen molar-refractivity contribution in [2.45, 2.75) is 76.0 Å². The van der Waals surface area contributed by atoms with E-state index in [0.29, 0.717) is 37.8 Å². The molecule has 5 nitrogen and oxygen atoms in total. The van der Waals surface area contributed by atoms with Gasteiger partial charge < -0.3 is 19.7 Å².